The molecule has 0 spiro atoms. The molecule has 14 heteroatoms. The van der Waals surface area contributed by atoms with Crippen molar-refractivity contribution in [3.63, 3.8) is 0 Å². The van der Waals surface area contributed by atoms with E-state index in [4.69, 9.17) is 4.42 Å². The molecule has 0 saturated carbocycles. The Hall–Kier alpha value is -5.11. The SMILES string of the molecule is CC(=O)Nc1ccc2oc(-c3ccnc(C(=O)N4CCN(C(c5ncccn5)c5nnn(C)n5)CC4)c3)nc2c1. The molecule has 5 heterocycles. The van der Waals surface area contributed by atoms with Gasteiger partial charge in [-0.05, 0) is 41.6 Å². The number of hydrogen-bond acceptors (Lipinski definition) is 11. The number of carbonyl (C=O) groups excluding carboxylic acids is 2. The highest BCUT2D eigenvalue weighted by atomic mass is 16.3. The fraction of sp³-hybridized carbons (Fsp3) is 0.269. The second-order valence-corrected chi connectivity index (χ2v) is 9.29. The Bertz CT molecular complexity index is 1680. The number of aryl methyl sites for hydroxylation is 1. The molecule has 6 rings (SSSR count). The van der Waals surface area contributed by atoms with E-state index in [-0.39, 0.29) is 17.9 Å². The van der Waals surface area contributed by atoms with E-state index in [0.29, 0.717) is 71.8 Å². The van der Waals surface area contributed by atoms with Crippen LogP contribution in [0.4, 0.5) is 5.69 Å². The highest BCUT2D eigenvalue weighted by Gasteiger charge is 2.33. The van der Waals surface area contributed by atoms with E-state index in [0.717, 1.165) is 0 Å². The number of tetrazole rings is 1. The van der Waals surface area contributed by atoms with E-state index >= 15 is 0 Å². The van der Waals surface area contributed by atoms with Gasteiger partial charge in [-0.2, -0.15) is 4.80 Å². The van der Waals surface area contributed by atoms with Gasteiger partial charge in [0.2, 0.25) is 11.8 Å². The number of hydrogen-bond donors (Lipinski definition) is 1. The number of carbonyl (C=O) groups is 2. The van der Waals surface area contributed by atoms with Gasteiger partial charge in [-0.15, -0.1) is 10.2 Å². The maximum atomic E-state index is 13.4. The van der Waals surface area contributed by atoms with E-state index in [1.165, 1.54) is 11.7 Å². The van der Waals surface area contributed by atoms with Crippen molar-refractivity contribution in [2.24, 2.45) is 7.05 Å². The van der Waals surface area contributed by atoms with E-state index in [9.17, 15) is 9.59 Å². The van der Waals surface area contributed by atoms with Gasteiger partial charge in [0.25, 0.3) is 5.91 Å². The predicted octanol–water partition coefficient (Wildman–Crippen LogP) is 1.71. The first-order valence-electron chi connectivity index (χ1n) is 12.6. The number of nitrogens with zero attached hydrogens (tertiary/aromatic N) is 10. The van der Waals surface area contributed by atoms with Crippen molar-refractivity contribution >= 4 is 28.6 Å². The molecule has 5 aromatic rings. The molecule has 1 N–H and O–H groups in total. The van der Waals surface area contributed by atoms with Crippen molar-refractivity contribution in [2.45, 2.75) is 13.0 Å². The topological polar surface area (TPSA) is 161 Å². The predicted molar refractivity (Wildman–Crippen MR) is 142 cm³/mol. The highest BCUT2D eigenvalue weighted by molar-refractivity contribution is 5.94. The Morgan fingerprint density at radius 1 is 0.975 bits per heavy atom. The minimum Gasteiger partial charge on any atom is -0.436 e. The number of aromatic nitrogens is 8. The average Bonchev–Trinajstić information content (AvgIpc) is 3.59. The monoisotopic (exact) mass is 539 g/mol. The summed E-state index contributed by atoms with van der Waals surface area (Å²) in [4.78, 5) is 47.8. The summed E-state index contributed by atoms with van der Waals surface area (Å²) < 4.78 is 5.91. The molecule has 1 aromatic carbocycles. The lowest BCUT2D eigenvalue weighted by Crippen LogP contribution is -2.50. The Morgan fingerprint density at radius 2 is 1.77 bits per heavy atom. The maximum absolute atomic E-state index is 13.4. The smallest absolute Gasteiger partial charge is 0.272 e. The lowest BCUT2D eigenvalue weighted by Gasteiger charge is -2.37. The van der Waals surface area contributed by atoms with Gasteiger partial charge in [-0.1, -0.05) is 0 Å². The summed E-state index contributed by atoms with van der Waals surface area (Å²) >= 11 is 0. The van der Waals surface area contributed by atoms with Gasteiger partial charge in [0.05, 0.1) is 7.05 Å². The third kappa shape index (κ3) is 5.11. The fourth-order valence-corrected chi connectivity index (χ4v) is 4.66. The summed E-state index contributed by atoms with van der Waals surface area (Å²) in [5.41, 5.74) is 2.71. The lowest BCUT2D eigenvalue weighted by molar-refractivity contribution is -0.114. The van der Waals surface area contributed by atoms with Crippen LogP contribution in [0.5, 0.6) is 0 Å². The molecule has 1 aliphatic heterocycles. The normalized spacial score (nSPS) is 14.8. The van der Waals surface area contributed by atoms with Gasteiger partial charge in [0.15, 0.2) is 17.2 Å². The molecule has 40 heavy (non-hydrogen) atoms. The van der Waals surface area contributed by atoms with Gasteiger partial charge in [0.1, 0.15) is 17.3 Å². The summed E-state index contributed by atoms with van der Waals surface area (Å²) in [5.74, 6) is 1.09. The summed E-state index contributed by atoms with van der Waals surface area (Å²) in [6.45, 7) is 3.52. The largest absolute Gasteiger partial charge is 0.436 e. The lowest BCUT2D eigenvalue weighted by atomic mass is 10.1. The number of fused-ring (bicyclic) bond motifs is 1. The van der Waals surface area contributed by atoms with Gasteiger partial charge in [0, 0.05) is 62.9 Å². The van der Waals surface area contributed by atoms with E-state index in [1.54, 1.807) is 66.9 Å². The van der Waals surface area contributed by atoms with Crippen LogP contribution in [0.15, 0.2) is 59.4 Å². The summed E-state index contributed by atoms with van der Waals surface area (Å²) in [5, 5.41) is 15.3. The number of oxazole rings is 1. The number of nitrogens with one attached hydrogen (secondary N) is 1. The van der Waals surface area contributed by atoms with E-state index in [2.05, 4.69) is 45.6 Å². The molecule has 2 amide bonds. The second kappa shape index (κ2) is 10.6. The molecule has 1 aliphatic rings. The molecule has 4 aromatic heterocycles. The van der Waals surface area contributed by atoms with Crippen molar-refractivity contribution in [1.82, 2.24) is 49.9 Å². The summed E-state index contributed by atoms with van der Waals surface area (Å²) in [6, 6.07) is 10.0. The Kier molecular flexibility index (Phi) is 6.66. The van der Waals surface area contributed by atoms with Crippen molar-refractivity contribution in [2.75, 3.05) is 31.5 Å². The second-order valence-electron chi connectivity index (χ2n) is 9.29. The van der Waals surface area contributed by atoms with Gasteiger partial charge in [-0.25, -0.2) is 15.0 Å². The first-order valence-corrected chi connectivity index (χ1v) is 12.6. The molecule has 14 nitrogen and oxygen atoms in total. The fourth-order valence-electron chi connectivity index (χ4n) is 4.66. The van der Waals surface area contributed by atoms with E-state index < -0.39 is 0 Å². The van der Waals surface area contributed by atoms with Crippen LogP contribution < -0.4 is 5.32 Å². The first-order chi connectivity index (χ1) is 19.4. The molecule has 0 radical (unpaired) electrons. The zero-order chi connectivity index (χ0) is 27.6. The number of anilines is 1. The van der Waals surface area contributed by atoms with Gasteiger partial charge < -0.3 is 14.6 Å². The minimum atomic E-state index is -0.376. The number of amides is 2. The average molecular weight is 540 g/mol. The third-order valence-corrected chi connectivity index (χ3v) is 6.50. The van der Waals surface area contributed by atoms with Crippen LogP contribution in [0.1, 0.15) is 35.1 Å². The molecule has 202 valence electrons. The molecule has 1 unspecified atom stereocenters. The minimum absolute atomic E-state index is 0.171. The molecule has 1 saturated heterocycles. The van der Waals surface area contributed by atoms with Crippen LogP contribution in [-0.4, -0.2) is 87.9 Å². The molecular weight excluding hydrogens is 514 g/mol. The van der Waals surface area contributed by atoms with Crippen LogP contribution >= 0.6 is 0 Å². The highest BCUT2D eigenvalue weighted by Crippen LogP contribution is 2.28. The summed E-state index contributed by atoms with van der Waals surface area (Å²) in [7, 11) is 1.71. The van der Waals surface area contributed by atoms with Crippen LogP contribution in [0.25, 0.3) is 22.6 Å². The van der Waals surface area contributed by atoms with Gasteiger partial charge in [-0.3, -0.25) is 19.5 Å². The molecular formula is C26H25N11O3. The van der Waals surface area contributed by atoms with E-state index in [1.807, 2.05) is 0 Å². The van der Waals surface area contributed by atoms with Crippen molar-refractivity contribution in [3.8, 4) is 11.5 Å². The standard InChI is InChI=1S/C26H25N11O3/c1-16(38)30-18-4-5-21-19(15-18)31-25(40-21)17-6-9-27-20(14-17)26(39)37-12-10-36(11-13-37)22(23-28-7-3-8-29-23)24-32-34-35(2)33-24/h3-9,14-15,22H,10-13H2,1-2H3,(H,30,38). The number of rotatable bonds is 6. The molecule has 0 aliphatic carbocycles. The molecule has 0 bridgehead atoms. The molecule has 1 atom stereocenters. The number of pyridine rings is 1. The quantitative estimate of drug-likeness (QED) is 0.334. The molecule has 1 fully saturated rings. The summed E-state index contributed by atoms with van der Waals surface area (Å²) in [6.07, 6.45) is 4.94. The third-order valence-electron chi connectivity index (χ3n) is 6.50. The maximum Gasteiger partial charge on any atom is 0.272 e. The van der Waals surface area contributed by atoms with Crippen LogP contribution in [0.2, 0.25) is 0 Å². The van der Waals surface area contributed by atoms with Gasteiger partial charge >= 0.3 is 0 Å². The Labute approximate surface area is 228 Å². The Morgan fingerprint density at radius 3 is 2.50 bits per heavy atom. The van der Waals surface area contributed by atoms with Crippen LogP contribution in [0.3, 0.4) is 0 Å². The zero-order valence-electron chi connectivity index (χ0n) is 21.8. The number of piperazine rings is 1. The van der Waals surface area contributed by atoms with Crippen LogP contribution in [0, 0.1) is 0 Å². The van der Waals surface area contributed by atoms with Crippen LogP contribution in [-0.2, 0) is 11.8 Å². The zero-order valence-corrected chi connectivity index (χ0v) is 21.8. The van der Waals surface area contributed by atoms with Crippen molar-refractivity contribution in [1.29, 1.82) is 0 Å². The van der Waals surface area contributed by atoms with Crippen molar-refractivity contribution < 1.29 is 14.0 Å². The van der Waals surface area contributed by atoms with Crippen molar-refractivity contribution in [3.05, 3.63) is 72.3 Å². The Balaban J connectivity index is 1.18. The first kappa shape index (κ1) is 25.2. The number of benzene rings is 1.